The number of hydrogen-bond donors (Lipinski definition) is 2. The van der Waals surface area contributed by atoms with Crippen LogP contribution in [0.15, 0.2) is 67.1 Å². The summed E-state index contributed by atoms with van der Waals surface area (Å²) in [5.41, 5.74) is 5.63. The van der Waals surface area contributed by atoms with Crippen LogP contribution in [0.25, 0.3) is 22.0 Å². The molecule has 0 bridgehead atoms. The molecule has 0 aliphatic heterocycles. The standard InChI is InChI=1S/C20H19N5O2/c1-24-13-17(12-21-24)15-7-8-18-16(10-15)11-22-25(18)19(20(26)23-27)9-14-5-3-2-4-6-14/h2-8,10-13,19,27H,9H2,1H3,(H,23,26). The van der Waals surface area contributed by atoms with Gasteiger partial charge in [0.05, 0.1) is 17.9 Å². The number of amides is 1. The first-order valence-corrected chi connectivity index (χ1v) is 8.60. The zero-order valence-corrected chi connectivity index (χ0v) is 14.8. The maximum Gasteiger partial charge on any atom is 0.268 e. The van der Waals surface area contributed by atoms with Gasteiger partial charge in [-0.3, -0.25) is 19.4 Å². The fraction of sp³-hybridized carbons (Fsp3) is 0.150. The van der Waals surface area contributed by atoms with E-state index in [0.717, 1.165) is 27.6 Å². The lowest BCUT2D eigenvalue weighted by molar-refractivity contribution is -0.132. The van der Waals surface area contributed by atoms with E-state index >= 15 is 0 Å². The first kappa shape index (κ1) is 17.0. The molecule has 136 valence electrons. The van der Waals surface area contributed by atoms with Gasteiger partial charge in [-0.15, -0.1) is 0 Å². The number of hydrogen-bond acceptors (Lipinski definition) is 4. The van der Waals surface area contributed by atoms with Gasteiger partial charge in [0.15, 0.2) is 0 Å². The second-order valence-corrected chi connectivity index (χ2v) is 6.45. The van der Waals surface area contributed by atoms with Crippen molar-refractivity contribution in [1.29, 1.82) is 0 Å². The van der Waals surface area contributed by atoms with Crippen molar-refractivity contribution in [3.8, 4) is 11.1 Å². The molecule has 0 saturated heterocycles. The molecule has 7 nitrogen and oxygen atoms in total. The third-order valence-electron chi connectivity index (χ3n) is 4.61. The molecule has 0 radical (unpaired) electrons. The van der Waals surface area contributed by atoms with Crippen LogP contribution >= 0.6 is 0 Å². The fourth-order valence-corrected chi connectivity index (χ4v) is 3.25. The molecule has 27 heavy (non-hydrogen) atoms. The Hall–Kier alpha value is -3.45. The van der Waals surface area contributed by atoms with E-state index in [1.807, 2.05) is 68.0 Å². The molecular formula is C20H19N5O2. The van der Waals surface area contributed by atoms with Gasteiger partial charge in [0, 0.05) is 30.6 Å². The molecule has 0 aliphatic rings. The van der Waals surface area contributed by atoms with E-state index in [2.05, 4.69) is 10.2 Å². The van der Waals surface area contributed by atoms with Gasteiger partial charge in [0.25, 0.3) is 5.91 Å². The van der Waals surface area contributed by atoms with Gasteiger partial charge in [0.1, 0.15) is 6.04 Å². The topological polar surface area (TPSA) is 85.0 Å². The quantitative estimate of drug-likeness (QED) is 0.423. The van der Waals surface area contributed by atoms with E-state index in [0.29, 0.717) is 6.42 Å². The van der Waals surface area contributed by atoms with Crippen molar-refractivity contribution < 1.29 is 10.0 Å². The van der Waals surface area contributed by atoms with Crippen LogP contribution < -0.4 is 5.48 Å². The predicted molar refractivity (Wildman–Crippen MR) is 101 cm³/mol. The van der Waals surface area contributed by atoms with Crippen LogP contribution in [-0.2, 0) is 18.3 Å². The van der Waals surface area contributed by atoms with Crippen molar-refractivity contribution in [1.82, 2.24) is 25.0 Å². The summed E-state index contributed by atoms with van der Waals surface area (Å²) in [6, 6.07) is 14.9. The predicted octanol–water partition coefficient (Wildman–Crippen LogP) is 2.73. The largest absolute Gasteiger partial charge is 0.289 e. The van der Waals surface area contributed by atoms with Crippen LogP contribution in [0.3, 0.4) is 0 Å². The molecule has 1 unspecified atom stereocenters. The molecule has 7 heteroatoms. The molecular weight excluding hydrogens is 342 g/mol. The average molecular weight is 361 g/mol. The minimum absolute atomic E-state index is 0.425. The van der Waals surface area contributed by atoms with Gasteiger partial charge in [0.2, 0.25) is 0 Å². The molecule has 2 heterocycles. The summed E-state index contributed by atoms with van der Waals surface area (Å²) in [7, 11) is 1.88. The second-order valence-electron chi connectivity index (χ2n) is 6.45. The van der Waals surface area contributed by atoms with Crippen LogP contribution in [-0.4, -0.2) is 30.7 Å². The maximum absolute atomic E-state index is 12.3. The van der Waals surface area contributed by atoms with Gasteiger partial charge < -0.3 is 0 Å². The van der Waals surface area contributed by atoms with E-state index in [1.54, 1.807) is 21.0 Å². The van der Waals surface area contributed by atoms with Gasteiger partial charge in [-0.05, 0) is 23.3 Å². The number of rotatable bonds is 5. The highest BCUT2D eigenvalue weighted by atomic mass is 16.5. The van der Waals surface area contributed by atoms with Gasteiger partial charge in [-0.1, -0.05) is 36.4 Å². The van der Waals surface area contributed by atoms with E-state index in [4.69, 9.17) is 0 Å². The van der Waals surface area contributed by atoms with Crippen molar-refractivity contribution in [2.45, 2.75) is 12.5 Å². The Morgan fingerprint density at radius 1 is 1.11 bits per heavy atom. The van der Waals surface area contributed by atoms with Crippen LogP contribution in [0.5, 0.6) is 0 Å². The highest BCUT2D eigenvalue weighted by molar-refractivity contribution is 5.87. The normalized spacial score (nSPS) is 12.2. The molecule has 2 N–H and O–H groups in total. The number of carbonyl (C=O) groups excluding carboxylic acids is 1. The van der Waals surface area contributed by atoms with Gasteiger partial charge in [-0.2, -0.15) is 10.2 Å². The number of fused-ring (bicyclic) bond motifs is 1. The Morgan fingerprint density at radius 2 is 1.93 bits per heavy atom. The third-order valence-corrected chi connectivity index (χ3v) is 4.61. The molecule has 4 rings (SSSR count). The lowest BCUT2D eigenvalue weighted by atomic mass is 10.0. The van der Waals surface area contributed by atoms with E-state index in [9.17, 15) is 10.0 Å². The minimum Gasteiger partial charge on any atom is -0.289 e. The van der Waals surface area contributed by atoms with Crippen LogP contribution in [0.2, 0.25) is 0 Å². The SMILES string of the molecule is Cn1cc(-c2ccc3c(cnn3C(Cc3ccccc3)C(=O)NO)c2)cn1. The molecule has 2 aromatic heterocycles. The number of hydroxylamine groups is 1. The lowest BCUT2D eigenvalue weighted by Gasteiger charge is -2.17. The molecule has 0 saturated carbocycles. The first-order chi connectivity index (χ1) is 13.2. The summed E-state index contributed by atoms with van der Waals surface area (Å²) >= 11 is 0. The number of aromatic nitrogens is 4. The second kappa shape index (κ2) is 7.05. The molecule has 4 aromatic rings. The van der Waals surface area contributed by atoms with Gasteiger partial charge >= 0.3 is 0 Å². The number of carbonyl (C=O) groups is 1. The molecule has 0 aliphatic carbocycles. The van der Waals surface area contributed by atoms with Crippen LogP contribution in [0.4, 0.5) is 0 Å². The summed E-state index contributed by atoms with van der Waals surface area (Å²) < 4.78 is 3.41. The number of nitrogens with one attached hydrogen (secondary N) is 1. The van der Waals surface area contributed by atoms with Crippen molar-refractivity contribution in [3.05, 3.63) is 72.7 Å². The summed E-state index contributed by atoms with van der Waals surface area (Å²) in [6.07, 6.45) is 5.91. The van der Waals surface area contributed by atoms with E-state index < -0.39 is 11.9 Å². The maximum atomic E-state index is 12.3. The first-order valence-electron chi connectivity index (χ1n) is 8.60. The van der Waals surface area contributed by atoms with Crippen molar-refractivity contribution in [2.24, 2.45) is 7.05 Å². The minimum atomic E-state index is -0.654. The zero-order chi connectivity index (χ0) is 18.8. The Labute approximate surface area is 155 Å². The van der Waals surface area contributed by atoms with Gasteiger partial charge in [-0.25, -0.2) is 5.48 Å². The fourth-order valence-electron chi connectivity index (χ4n) is 3.25. The summed E-state index contributed by atoms with van der Waals surface area (Å²) in [5.74, 6) is -0.500. The molecule has 0 spiro atoms. The zero-order valence-electron chi connectivity index (χ0n) is 14.8. The van der Waals surface area contributed by atoms with Crippen LogP contribution in [0.1, 0.15) is 11.6 Å². The highest BCUT2D eigenvalue weighted by Gasteiger charge is 2.23. The summed E-state index contributed by atoms with van der Waals surface area (Å²) in [4.78, 5) is 12.3. The third kappa shape index (κ3) is 3.32. The highest BCUT2D eigenvalue weighted by Crippen LogP contribution is 2.26. The van der Waals surface area contributed by atoms with E-state index in [1.165, 1.54) is 0 Å². The van der Waals surface area contributed by atoms with Crippen molar-refractivity contribution in [2.75, 3.05) is 0 Å². The van der Waals surface area contributed by atoms with E-state index in [-0.39, 0.29) is 0 Å². The number of benzene rings is 2. The monoisotopic (exact) mass is 361 g/mol. The number of aryl methyl sites for hydroxylation is 1. The molecule has 2 aromatic carbocycles. The Morgan fingerprint density at radius 3 is 2.63 bits per heavy atom. The summed E-state index contributed by atoms with van der Waals surface area (Å²) in [6.45, 7) is 0. The van der Waals surface area contributed by atoms with Crippen molar-refractivity contribution in [3.63, 3.8) is 0 Å². The van der Waals surface area contributed by atoms with Crippen molar-refractivity contribution >= 4 is 16.8 Å². The Balaban J connectivity index is 1.73. The molecule has 1 atom stereocenters. The summed E-state index contributed by atoms with van der Waals surface area (Å²) in [5, 5.41) is 18.7. The lowest BCUT2D eigenvalue weighted by Crippen LogP contribution is -2.32. The Kier molecular flexibility index (Phi) is 4.43. The average Bonchev–Trinajstić information content (AvgIpc) is 3.32. The van der Waals surface area contributed by atoms with Crippen LogP contribution in [0, 0.1) is 0 Å². The number of nitrogens with zero attached hydrogens (tertiary/aromatic N) is 4. The molecule has 1 amide bonds. The smallest absolute Gasteiger partial charge is 0.268 e. The Bertz CT molecular complexity index is 1080. The molecule has 0 fully saturated rings.